The number of carboxylic acid groups (broad SMARTS) is 1. The maximum atomic E-state index is 11.9. The summed E-state index contributed by atoms with van der Waals surface area (Å²) >= 11 is 1.45. The molecule has 96 valence electrons. The number of urea groups is 1. The zero-order valence-electron chi connectivity index (χ0n) is 9.70. The van der Waals surface area contributed by atoms with Crippen LogP contribution in [0.3, 0.4) is 0 Å². The van der Waals surface area contributed by atoms with Crippen LogP contribution >= 0.6 is 11.8 Å². The van der Waals surface area contributed by atoms with Crippen molar-refractivity contribution in [3.05, 3.63) is 35.9 Å². The average molecular weight is 266 g/mol. The van der Waals surface area contributed by atoms with Gasteiger partial charge in [-0.2, -0.15) is 0 Å². The highest BCUT2D eigenvalue weighted by molar-refractivity contribution is 7.99. The van der Waals surface area contributed by atoms with E-state index in [0.717, 1.165) is 5.56 Å². The molecule has 1 aromatic rings. The van der Waals surface area contributed by atoms with E-state index in [4.69, 9.17) is 5.11 Å². The number of nitrogens with one attached hydrogen (secondary N) is 1. The molecule has 18 heavy (non-hydrogen) atoms. The number of carbonyl (C=O) groups excluding carboxylic acids is 1. The molecule has 0 aromatic heterocycles. The second kappa shape index (κ2) is 5.77. The van der Waals surface area contributed by atoms with Crippen LogP contribution in [-0.4, -0.2) is 39.7 Å². The van der Waals surface area contributed by atoms with E-state index < -0.39 is 12.0 Å². The molecule has 1 unspecified atom stereocenters. The second-order valence-corrected chi connectivity index (χ2v) is 4.97. The van der Waals surface area contributed by atoms with Crippen molar-refractivity contribution >= 4 is 23.8 Å². The fraction of sp³-hybridized carbons (Fsp3) is 0.333. The minimum absolute atomic E-state index is 0.323. The van der Waals surface area contributed by atoms with E-state index in [-0.39, 0.29) is 6.03 Å². The lowest BCUT2D eigenvalue weighted by Crippen LogP contribution is -2.46. The summed E-state index contributed by atoms with van der Waals surface area (Å²) < 4.78 is 0. The maximum absolute atomic E-state index is 11.9. The normalized spacial score (nSPS) is 18.7. The third-order valence-electron chi connectivity index (χ3n) is 2.71. The molecular formula is C12H14N2O3S. The highest BCUT2D eigenvalue weighted by atomic mass is 32.2. The molecule has 1 aromatic carbocycles. The lowest BCUT2D eigenvalue weighted by atomic mass is 10.2. The molecule has 0 saturated carbocycles. The molecular weight excluding hydrogens is 252 g/mol. The van der Waals surface area contributed by atoms with Crippen molar-refractivity contribution in [2.75, 3.05) is 11.6 Å². The minimum Gasteiger partial charge on any atom is -0.480 e. The number of hydrogen-bond acceptors (Lipinski definition) is 3. The highest BCUT2D eigenvalue weighted by Crippen LogP contribution is 2.20. The van der Waals surface area contributed by atoms with Gasteiger partial charge in [-0.05, 0) is 5.56 Å². The van der Waals surface area contributed by atoms with Gasteiger partial charge in [0.2, 0.25) is 0 Å². The number of carboxylic acids is 1. The fourth-order valence-electron chi connectivity index (χ4n) is 1.72. The molecule has 0 aliphatic carbocycles. The van der Waals surface area contributed by atoms with Crippen LogP contribution in [0.25, 0.3) is 0 Å². The molecule has 1 atom stereocenters. The third kappa shape index (κ3) is 2.95. The summed E-state index contributed by atoms with van der Waals surface area (Å²) in [6.07, 6.45) is 0. The monoisotopic (exact) mass is 266 g/mol. The molecule has 0 bridgehead atoms. The minimum atomic E-state index is -0.949. The SMILES string of the molecule is O=C(O)C1CSCN1C(=O)NCc1ccccc1. The number of benzene rings is 1. The van der Waals surface area contributed by atoms with E-state index >= 15 is 0 Å². The number of amides is 2. The van der Waals surface area contributed by atoms with Crippen LogP contribution in [0.5, 0.6) is 0 Å². The third-order valence-corrected chi connectivity index (χ3v) is 3.73. The van der Waals surface area contributed by atoms with Crippen molar-refractivity contribution in [1.29, 1.82) is 0 Å². The summed E-state index contributed by atoms with van der Waals surface area (Å²) in [6.45, 7) is 0.410. The Hall–Kier alpha value is -1.69. The molecule has 1 aliphatic heterocycles. The number of hydrogen-bond donors (Lipinski definition) is 2. The van der Waals surface area contributed by atoms with Gasteiger partial charge in [0.15, 0.2) is 0 Å². The van der Waals surface area contributed by atoms with Crippen LogP contribution in [0.2, 0.25) is 0 Å². The number of rotatable bonds is 3. The van der Waals surface area contributed by atoms with Gasteiger partial charge < -0.3 is 15.3 Å². The molecule has 2 N–H and O–H groups in total. The summed E-state index contributed by atoms with van der Waals surface area (Å²) in [5.41, 5.74) is 0.990. The van der Waals surface area contributed by atoms with Crippen molar-refractivity contribution in [3.8, 4) is 0 Å². The van der Waals surface area contributed by atoms with Gasteiger partial charge in [0.1, 0.15) is 6.04 Å². The van der Waals surface area contributed by atoms with Gasteiger partial charge in [0.05, 0.1) is 5.88 Å². The fourth-order valence-corrected chi connectivity index (χ4v) is 2.87. The number of aliphatic carboxylic acids is 1. The Balaban J connectivity index is 1.90. The topological polar surface area (TPSA) is 69.6 Å². The van der Waals surface area contributed by atoms with Gasteiger partial charge in [-0.3, -0.25) is 0 Å². The standard InChI is InChI=1S/C12H14N2O3S/c15-11(16)10-7-18-8-14(10)12(17)13-6-9-4-2-1-3-5-9/h1-5,10H,6-8H2,(H,13,17)(H,15,16). The Morgan fingerprint density at radius 2 is 2.11 bits per heavy atom. The van der Waals surface area contributed by atoms with Gasteiger partial charge in [-0.15, -0.1) is 11.8 Å². The summed E-state index contributed by atoms with van der Waals surface area (Å²) in [4.78, 5) is 24.2. The first kappa shape index (κ1) is 12.8. The van der Waals surface area contributed by atoms with E-state index in [0.29, 0.717) is 18.2 Å². The number of carbonyl (C=O) groups is 2. The van der Waals surface area contributed by atoms with Gasteiger partial charge >= 0.3 is 12.0 Å². The summed E-state index contributed by atoms with van der Waals surface area (Å²) in [5, 5.41) is 11.7. The quantitative estimate of drug-likeness (QED) is 0.866. The van der Waals surface area contributed by atoms with E-state index in [1.165, 1.54) is 16.7 Å². The van der Waals surface area contributed by atoms with Crippen LogP contribution in [0.4, 0.5) is 4.79 Å². The number of thioether (sulfide) groups is 1. The van der Waals surface area contributed by atoms with Crippen LogP contribution in [-0.2, 0) is 11.3 Å². The average Bonchev–Trinajstić information content (AvgIpc) is 2.86. The summed E-state index contributed by atoms with van der Waals surface area (Å²) in [7, 11) is 0. The lowest BCUT2D eigenvalue weighted by Gasteiger charge is -2.20. The van der Waals surface area contributed by atoms with Gasteiger partial charge in [0, 0.05) is 12.3 Å². The first-order valence-electron chi connectivity index (χ1n) is 5.57. The van der Waals surface area contributed by atoms with E-state index in [1.807, 2.05) is 30.3 Å². The summed E-state index contributed by atoms with van der Waals surface area (Å²) in [5.74, 6) is -0.0686. The van der Waals surface area contributed by atoms with Gasteiger partial charge in [-0.25, -0.2) is 9.59 Å². The Labute approximate surface area is 109 Å². The predicted octanol–water partition coefficient (Wildman–Crippen LogP) is 1.36. The first-order chi connectivity index (χ1) is 8.68. The Kier molecular flexibility index (Phi) is 4.09. The van der Waals surface area contributed by atoms with Crippen molar-refractivity contribution in [3.63, 3.8) is 0 Å². The molecule has 1 heterocycles. The van der Waals surface area contributed by atoms with Gasteiger partial charge in [-0.1, -0.05) is 30.3 Å². The molecule has 1 fully saturated rings. The Morgan fingerprint density at radius 3 is 2.78 bits per heavy atom. The van der Waals surface area contributed by atoms with Crippen LogP contribution in [0.1, 0.15) is 5.56 Å². The van der Waals surface area contributed by atoms with Crippen molar-refractivity contribution in [2.45, 2.75) is 12.6 Å². The van der Waals surface area contributed by atoms with Crippen LogP contribution in [0.15, 0.2) is 30.3 Å². The second-order valence-electron chi connectivity index (χ2n) is 3.97. The molecule has 5 nitrogen and oxygen atoms in total. The zero-order chi connectivity index (χ0) is 13.0. The van der Waals surface area contributed by atoms with Crippen molar-refractivity contribution < 1.29 is 14.7 Å². The van der Waals surface area contributed by atoms with Crippen molar-refractivity contribution in [2.24, 2.45) is 0 Å². The lowest BCUT2D eigenvalue weighted by molar-refractivity contribution is -0.140. The van der Waals surface area contributed by atoms with Crippen molar-refractivity contribution in [1.82, 2.24) is 10.2 Å². The maximum Gasteiger partial charge on any atom is 0.327 e. The van der Waals surface area contributed by atoms with E-state index in [9.17, 15) is 9.59 Å². The first-order valence-corrected chi connectivity index (χ1v) is 6.73. The van der Waals surface area contributed by atoms with Crippen LogP contribution in [0, 0.1) is 0 Å². The predicted molar refractivity (Wildman–Crippen MR) is 69.3 cm³/mol. The van der Waals surface area contributed by atoms with E-state index in [2.05, 4.69) is 5.32 Å². The Morgan fingerprint density at radius 1 is 1.39 bits per heavy atom. The van der Waals surface area contributed by atoms with E-state index in [1.54, 1.807) is 0 Å². The molecule has 0 spiro atoms. The molecule has 6 heteroatoms. The largest absolute Gasteiger partial charge is 0.480 e. The summed E-state index contributed by atoms with van der Waals surface area (Å²) in [6, 6.07) is 8.48. The highest BCUT2D eigenvalue weighted by Gasteiger charge is 2.34. The Bertz CT molecular complexity index is 438. The van der Waals surface area contributed by atoms with Gasteiger partial charge in [0.25, 0.3) is 0 Å². The zero-order valence-corrected chi connectivity index (χ0v) is 10.5. The molecule has 2 amide bonds. The smallest absolute Gasteiger partial charge is 0.327 e. The molecule has 1 saturated heterocycles. The molecule has 0 radical (unpaired) electrons. The number of nitrogens with zero attached hydrogens (tertiary/aromatic N) is 1. The molecule has 2 rings (SSSR count). The molecule has 1 aliphatic rings. The van der Waals surface area contributed by atoms with Crippen LogP contribution < -0.4 is 5.32 Å².